The Hall–Kier alpha value is -6.21. The van der Waals surface area contributed by atoms with Crippen LogP contribution in [0.4, 0.5) is 17.1 Å². The van der Waals surface area contributed by atoms with E-state index in [0.29, 0.717) is 17.7 Å². The molecule has 232 valence electrons. The van der Waals surface area contributed by atoms with Gasteiger partial charge in [0.05, 0.1) is 0 Å². The lowest BCUT2D eigenvalue weighted by Crippen LogP contribution is -2.19. The molecule has 2 atom stereocenters. The highest BCUT2D eigenvalue weighted by atomic mass is 16.5. The van der Waals surface area contributed by atoms with Crippen molar-refractivity contribution in [2.75, 3.05) is 4.90 Å². The van der Waals surface area contributed by atoms with Crippen LogP contribution in [0.15, 0.2) is 153 Å². The van der Waals surface area contributed by atoms with Gasteiger partial charge < -0.3 is 18.5 Å². The van der Waals surface area contributed by atoms with E-state index in [1.54, 1.807) is 0 Å². The molecule has 48 heavy (non-hydrogen) atoms. The van der Waals surface area contributed by atoms with Crippen LogP contribution < -0.4 is 4.90 Å². The third kappa shape index (κ3) is 5.06. The molecule has 0 saturated heterocycles. The standard InChI is InChI=1S/C41H30N4O3/c1-2-26-11-24-38-35(25-26)44-41(48-38)29-16-22-32(23-17-29)45(30-18-12-27(13-19-30)39-42-33-7-3-5-9-36(33)46-39)31-20-14-28(15-21-31)40-43-34-8-4-6-10-37(34)47-40/h3-25,33,36H,2H2,1H3. The average molecular weight is 627 g/mol. The molecule has 2 aromatic heterocycles. The lowest BCUT2D eigenvalue weighted by atomic mass is 10.1. The molecule has 0 spiro atoms. The van der Waals surface area contributed by atoms with Crippen LogP contribution >= 0.6 is 0 Å². The quantitative estimate of drug-likeness (QED) is 0.175. The van der Waals surface area contributed by atoms with Crippen molar-refractivity contribution in [2.45, 2.75) is 25.5 Å². The fourth-order valence-electron chi connectivity index (χ4n) is 6.26. The number of aromatic nitrogens is 2. The number of benzene rings is 5. The Bertz CT molecular complexity index is 2330. The normalized spacial score (nSPS) is 16.6. The third-order valence-electron chi connectivity index (χ3n) is 8.84. The molecule has 0 fully saturated rings. The molecule has 0 N–H and O–H groups in total. The van der Waals surface area contributed by atoms with Gasteiger partial charge in [0.25, 0.3) is 0 Å². The van der Waals surface area contributed by atoms with E-state index in [1.807, 2.05) is 54.6 Å². The highest BCUT2D eigenvalue weighted by Crippen LogP contribution is 2.38. The van der Waals surface area contributed by atoms with Crippen molar-refractivity contribution < 1.29 is 13.6 Å². The van der Waals surface area contributed by atoms with Crippen LogP contribution in [0.1, 0.15) is 18.1 Å². The van der Waals surface area contributed by atoms with E-state index in [1.165, 1.54) is 5.56 Å². The molecule has 7 nitrogen and oxygen atoms in total. The zero-order chi connectivity index (χ0) is 32.0. The van der Waals surface area contributed by atoms with Gasteiger partial charge in [0.2, 0.25) is 17.7 Å². The minimum absolute atomic E-state index is 0.0226. The molecule has 7 aromatic rings. The van der Waals surface area contributed by atoms with Gasteiger partial charge in [0, 0.05) is 33.8 Å². The largest absolute Gasteiger partial charge is 0.467 e. The van der Waals surface area contributed by atoms with E-state index < -0.39 is 0 Å². The van der Waals surface area contributed by atoms with Crippen LogP contribution in [0, 0.1) is 0 Å². The SMILES string of the molecule is CCc1ccc2oc(-c3ccc(N(c4ccc(C5=NC6C=CC=CC6O5)cc4)c4ccc(-c5nc6ccccc6o5)cc4)cc3)nc2c1. The highest BCUT2D eigenvalue weighted by molar-refractivity contribution is 5.96. The van der Waals surface area contributed by atoms with Gasteiger partial charge in [-0.15, -0.1) is 0 Å². The smallest absolute Gasteiger partial charge is 0.227 e. The van der Waals surface area contributed by atoms with Crippen molar-refractivity contribution in [1.29, 1.82) is 0 Å². The van der Waals surface area contributed by atoms with Gasteiger partial charge in [-0.2, -0.15) is 0 Å². The number of aliphatic imine (C=N–C) groups is 1. The first-order valence-corrected chi connectivity index (χ1v) is 16.1. The Labute approximate surface area is 277 Å². The van der Waals surface area contributed by atoms with Crippen molar-refractivity contribution in [1.82, 2.24) is 9.97 Å². The van der Waals surface area contributed by atoms with Crippen molar-refractivity contribution in [3.05, 3.63) is 151 Å². The second kappa shape index (κ2) is 11.5. The lowest BCUT2D eigenvalue weighted by Gasteiger charge is -2.26. The van der Waals surface area contributed by atoms with Crippen molar-refractivity contribution in [3.63, 3.8) is 0 Å². The first kappa shape index (κ1) is 28.0. The first-order valence-electron chi connectivity index (χ1n) is 16.1. The van der Waals surface area contributed by atoms with E-state index in [0.717, 1.165) is 62.4 Å². The summed E-state index contributed by atoms with van der Waals surface area (Å²) >= 11 is 0. The van der Waals surface area contributed by atoms with Crippen LogP contribution in [0.2, 0.25) is 0 Å². The molecule has 9 rings (SSSR count). The fraction of sp³-hybridized carbons (Fsp3) is 0.0976. The number of nitrogens with zero attached hydrogens (tertiary/aromatic N) is 4. The molecule has 0 radical (unpaired) electrons. The van der Waals surface area contributed by atoms with Crippen LogP contribution in [0.25, 0.3) is 45.1 Å². The maximum atomic E-state index is 6.16. The predicted molar refractivity (Wildman–Crippen MR) is 190 cm³/mol. The summed E-state index contributed by atoms with van der Waals surface area (Å²) in [6, 6.07) is 38.9. The summed E-state index contributed by atoms with van der Waals surface area (Å²) in [7, 11) is 0. The second-order valence-electron chi connectivity index (χ2n) is 11.9. The van der Waals surface area contributed by atoms with E-state index in [9.17, 15) is 0 Å². The Balaban J connectivity index is 1.06. The van der Waals surface area contributed by atoms with Crippen molar-refractivity contribution in [3.8, 4) is 22.9 Å². The topological polar surface area (TPSA) is 76.9 Å². The van der Waals surface area contributed by atoms with E-state index in [-0.39, 0.29) is 12.1 Å². The Morgan fingerprint density at radius 2 is 1.19 bits per heavy atom. The van der Waals surface area contributed by atoms with Gasteiger partial charge in [-0.05, 0) is 115 Å². The number of fused-ring (bicyclic) bond motifs is 3. The number of ether oxygens (including phenoxy) is 1. The summed E-state index contributed by atoms with van der Waals surface area (Å²) in [5.74, 6) is 1.86. The Morgan fingerprint density at radius 3 is 1.81 bits per heavy atom. The summed E-state index contributed by atoms with van der Waals surface area (Å²) in [5.41, 5.74) is 10.2. The number of para-hydroxylation sites is 2. The number of hydrogen-bond acceptors (Lipinski definition) is 7. The summed E-state index contributed by atoms with van der Waals surface area (Å²) in [4.78, 5) is 16.5. The fourth-order valence-corrected chi connectivity index (χ4v) is 6.26. The van der Waals surface area contributed by atoms with E-state index in [2.05, 4.69) is 102 Å². The number of allylic oxidation sites excluding steroid dienone is 2. The number of hydrogen-bond donors (Lipinski definition) is 0. The molecule has 0 saturated carbocycles. The molecule has 2 aliphatic rings. The zero-order valence-corrected chi connectivity index (χ0v) is 26.2. The summed E-state index contributed by atoms with van der Waals surface area (Å²) in [6.45, 7) is 2.14. The molecule has 1 aliphatic heterocycles. The van der Waals surface area contributed by atoms with Crippen LogP contribution in [0.5, 0.6) is 0 Å². The van der Waals surface area contributed by atoms with Crippen molar-refractivity contribution in [2.24, 2.45) is 4.99 Å². The zero-order valence-electron chi connectivity index (χ0n) is 26.2. The number of aryl methyl sites for hydroxylation is 1. The van der Waals surface area contributed by atoms with Crippen molar-refractivity contribution >= 4 is 45.2 Å². The average Bonchev–Trinajstić information content (AvgIpc) is 3.89. The minimum atomic E-state index is -0.0469. The van der Waals surface area contributed by atoms with Crippen LogP contribution in [0.3, 0.4) is 0 Å². The molecule has 3 heterocycles. The maximum Gasteiger partial charge on any atom is 0.227 e. The van der Waals surface area contributed by atoms with E-state index in [4.69, 9.17) is 23.5 Å². The highest BCUT2D eigenvalue weighted by Gasteiger charge is 2.29. The molecular formula is C41H30N4O3. The van der Waals surface area contributed by atoms with E-state index >= 15 is 0 Å². The van der Waals surface area contributed by atoms with Gasteiger partial charge in [-0.25, -0.2) is 15.0 Å². The Kier molecular flexibility index (Phi) is 6.75. The molecule has 0 bridgehead atoms. The number of anilines is 3. The predicted octanol–water partition coefficient (Wildman–Crippen LogP) is 9.98. The molecule has 5 aromatic carbocycles. The molecule has 7 heteroatoms. The Morgan fingerprint density at radius 1 is 0.604 bits per heavy atom. The molecule has 0 amide bonds. The monoisotopic (exact) mass is 626 g/mol. The first-order chi connectivity index (χ1) is 23.7. The number of oxazole rings is 2. The summed E-state index contributed by atoms with van der Waals surface area (Å²) in [6.07, 6.45) is 9.06. The van der Waals surface area contributed by atoms with Gasteiger partial charge in [0.15, 0.2) is 11.2 Å². The van der Waals surface area contributed by atoms with Crippen LogP contribution in [-0.2, 0) is 11.2 Å². The lowest BCUT2D eigenvalue weighted by molar-refractivity contribution is 0.255. The van der Waals surface area contributed by atoms with Crippen LogP contribution in [-0.4, -0.2) is 28.0 Å². The maximum absolute atomic E-state index is 6.16. The van der Waals surface area contributed by atoms with Gasteiger partial charge in [-0.3, -0.25) is 0 Å². The van der Waals surface area contributed by atoms with Gasteiger partial charge >= 0.3 is 0 Å². The molecular weight excluding hydrogens is 596 g/mol. The van der Waals surface area contributed by atoms with Gasteiger partial charge in [-0.1, -0.05) is 43.4 Å². The summed E-state index contributed by atoms with van der Waals surface area (Å²) in [5, 5.41) is 0. The summed E-state index contributed by atoms with van der Waals surface area (Å²) < 4.78 is 18.3. The number of rotatable bonds is 7. The molecule has 2 unspecified atom stereocenters. The minimum Gasteiger partial charge on any atom is -0.467 e. The van der Waals surface area contributed by atoms with Gasteiger partial charge in [0.1, 0.15) is 23.2 Å². The second-order valence-corrected chi connectivity index (χ2v) is 11.9. The third-order valence-corrected chi connectivity index (χ3v) is 8.84. The molecule has 1 aliphatic carbocycles.